The van der Waals surface area contributed by atoms with E-state index < -0.39 is 0 Å². The molecule has 0 saturated carbocycles. The Morgan fingerprint density at radius 2 is 1.70 bits per heavy atom. The van der Waals surface area contributed by atoms with Crippen LogP contribution in [0, 0.1) is 6.92 Å². The predicted octanol–water partition coefficient (Wildman–Crippen LogP) is 5.26. The highest BCUT2D eigenvalue weighted by molar-refractivity contribution is 9.11. The van der Waals surface area contributed by atoms with Crippen molar-refractivity contribution in [3.8, 4) is 11.5 Å². The molecule has 4 heteroatoms. The zero-order valence-electron chi connectivity index (χ0n) is 11.6. The molecule has 0 heterocycles. The average Bonchev–Trinajstić information content (AvgIpc) is 2.48. The van der Waals surface area contributed by atoms with E-state index in [1.807, 2.05) is 18.2 Å². The highest BCUT2D eigenvalue weighted by Crippen LogP contribution is 2.41. The van der Waals surface area contributed by atoms with E-state index in [-0.39, 0.29) is 4.83 Å². The highest BCUT2D eigenvalue weighted by Gasteiger charge is 2.18. The van der Waals surface area contributed by atoms with Gasteiger partial charge < -0.3 is 9.47 Å². The summed E-state index contributed by atoms with van der Waals surface area (Å²) in [5, 5.41) is 0. The van der Waals surface area contributed by atoms with E-state index in [1.54, 1.807) is 14.2 Å². The third-order valence-corrected chi connectivity index (χ3v) is 4.84. The number of rotatable bonds is 4. The van der Waals surface area contributed by atoms with Crippen LogP contribution in [0.5, 0.6) is 11.5 Å². The summed E-state index contributed by atoms with van der Waals surface area (Å²) in [6, 6.07) is 12.1. The van der Waals surface area contributed by atoms with Gasteiger partial charge in [-0.25, -0.2) is 0 Å². The second kappa shape index (κ2) is 6.64. The van der Waals surface area contributed by atoms with Crippen LogP contribution in [0.4, 0.5) is 0 Å². The molecule has 0 aliphatic heterocycles. The van der Waals surface area contributed by atoms with E-state index in [2.05, 4.69) is 57.0 Å². The number of methoxy groups -OCH3 is 2. The molecule has 106 valence electrons. The van der Waals surface area contributed by atoms with Crippen LogP contribution in [0.25, 0.3) is 0 Å². The van der Waals surface area contributed by atoms with Gasteiger partial charge in [0, 0.05) is 10.0 Å². The summed E-state index contributed by atoms with van der Waals surface area (Å²) in [5.41, 5.74) is 3.42. The molecule has 0 N–H and O–H groups in total. The molecule has 2 nitrogen and oxygen atoms in total. The number of halogens is 2. The van der Waals surface area contributed by atoms with Crippen molar-refractivity contribution >= 4 is 31.9 Å². The molecule has 0 aliphatic carbocycles. The Kier molecular flexibility index (Phi) is 5.11. The molecule has 0 bridgehead atoms. The number of aryl methyl sites for hydroxylation is 1. The largest absolute Gasteiger partial charge is 0.497 e. The maximum Gasteiger partial charge on any atom is 0.123 e. The van der Waals surface area contributed by atoms with Gasteiger partial charge in [0.2, 0.25) is 0 Å². The molecule has 20 heavy (non-hydrogen) atoms. The van der Waals surface area contributed by atoms with Crippen LogP contribution >= 0.6 is 31.9 Å². The monoisotopic (exact) mass is 398 g/mol. The molecular weight excluding hydrogens is 384 g/mol. The molecule has 1 atom stereocenters. The van der Waals surface area contributed by atoms with Crippen LogP contribution in [0.1, 0.15) is 21.5 Å². The molecule has 0 aliphatic rings. The fourth-order valence-electron chi connectivity index (χ4n) is 2.06. The first kappa shape index (κ1) is 15.4. The van der Waals surface area contributed by atoms with Crippen molar-refractivity contribution in [2.75, 3.05) is 14.2 Å². The predicted molar refractivity (Wildman–Crippen MR) is 89.2 cm³/mol. The molecule has 2 aromatic rings. The van der Waals surface area contributed by atoms with Gasteiger partial charge in [-0.15, -0.1) is 0 Å². The summed E-state index contributed by atoms with van der Waals surface area (Å²) in [5.74, 6) is 1.65. The van der Waals surface area contributed by atoms with Gasteiger partial charge in [0.05, 0.1) is 19.0 Å². The van der Waals surface area contributed by atoms with Gasteiger partial charge >= 0.3 is 0 Å². The average molecular weight is 400 g/mol. The minimum Gasteiger partial charge on any atom is -0.497 e. The molecule has 2 rings (SSSR count). The Labute approximate surface area is 136 Å². The van der Waals surface area contributed by atoms with Gasteiger partial charge in [-0.3, -0.25) is 0 Å². The van der Waals surface area contributed by atoms with Crippen molar-refractivity contribution in [3.63, 3.8) is 0 Å². The van der Waals surface area contributed by atoms with E-state index in [1.165, 1.54) is 5.56 Å². The normalized spacial score (nSPS) is 12.1. The topological polar surface area (TPSA) is 18.5 Å². The van der Waals surface area contributed by atoms with E-state index in [4.69, 9.17) is 9.47 Å². The van der Waals surface area contributed by atoms with Gasteiger partial charge in [0.25, 0.3) is 0 Å². The summed E-state index contributed by atoms with van der Waals surface area (Å²) in [6.07, 6.45) is 0. The van der Waals surface area contributed by atoms with Crippen molar-refractivity contribution in [1.29, 1.82) is 0 Å². The molecule has 1 unspecified atom stereocenters. The second-order valence-corrected chi connectivity index (χ2v) is 6.27. The quantitative estimate of drug-likeness (QED) is 0.653. The van der Waals surface area contributed by atoms with Crippen LogP contribution in [-0.4, -0.2) is 14.2 Å². The molecular formula is C16H16Br2O2. The first-order valence-corrected chi connectivity index (χ1v) is 7.89. The van der Waals surface area contributed by atoms with Crippen LogP contribution < -0.4 is 9.47 Å². The van der Waals surface area contributed by atoms with Crippen LogP contribution in [0.15, 0.2) is 40.9 Å². The smallest absolute Gasteiger partial charge is 0.123 e. The zero-order chi connectivity index (χ0) is 14.7. The minimum atomic E-state index is 0.0295. The summed E-state index contributed by atoms with van der Waals surface area (Å²) in [4.78, 5) is 0.0295. The highest BCUT2D eigenvalue weighted by atomic mass is 79.9. The lowest BCUT2D eigenvalue weighted by Gasteiger charge is -2.17. The van der Waals surface area contributed by atoms with Crippen LogP contribution in [0.2, 0.25) is 0 Å². The summed E-state index contributed by atoms with van der Waals surface area (Å²) < 4.78 is 11.8. The molecule has 0 fully saturated rings. The van der Waals surface area contributed by atoms with E-state index in [0.717, 1.165) is 27.1 Å². The summed E-state index contributed by atoms with van der Waals surface area (Å²) in [7, 11) is 3.34. The minimum absolute atomic E-state index is 0.0295. The Hall–Kier alpha value is -1.00. The molecule has 0 radical (unpaired) electrons. The number of hydrogen-bond donors (Lipinski definition) is 0. The fourth-order valence-corrected chi connectivity index (χ4v) is 3.58. The SMILES string of the molecule is COc1ccc(OC)c(C(Br)c2cc(C)ccc2Br)c1. The lowest BCUT2D eigenvalue weighted by atomic mass is 10.0. The van der Waals surface area contributed by atoms with Crippen molar-refractivity contribution in [2.45, 2.75) is 11.8 Å². The van der Waals surface area contributed by atoms with E-state index >= 15 is 0 Å². The van der Waals surface area contributed by atoms with Crippen LogP contribution in [0.3, 0.4) is 0 Å². The third kappa shape index (κ3) is 3.18. The second-order valence-electron chi connectivity index (χ2n) is 4.50. The third-order valence-electron chi connectivity index (χ3n) is 3.13. The molecule has 0 amide bonds. The van der Waals surface area contributed by atoms with Crippen molar-refractivity contribution in [1.82, 2.24) is 0 Å². The fraction of sp³-hybridized carbons (Fsp3) is 0.250. The maximum atomic E-state index is 5.46. The van der Waals surface area contributed by atoms with Gasteiger partial charge in [-0.2, -0.15) is 0 Å². The first-order chi connectivity index (χ1) is 9.56. The molecule has 2 aromatic carbocycles. The van der Waals surface area contributed by atoms with Crippen molar-refractivity contribution in [2.24, 2.45) is 0 Å². The van der Waals surface area contributed by atoms with E-state index in [9.17, 15) is 0 Å². The number of benzene rings is 2. The zero-order valence-corrected chi connectivity index (χ0v) is 14.8. The molecule has 0 aromatic heterocycles. The summed E-state index contributed by atoms with van der Waals surface area (Å²) in [6.45, 7) is 2.08. The van der Waals surface area contributed by atoms with Gasteiger partial charge in [0.1, 0.15) is 11.5 Å². The van der Waals surface area contributed by atoms with E-state index in [0.29, 0.717) is 0 Å². The molecule has 0 saturated heterocycles. The van der Waals surface area contributed by atoms with Crippen LogP contribution in [-0.2, 0) is 0 Å². The Bertz CT molecular complexity index is 611. The lowest BCUT2D eigenvalue weighted by Crippen LogP contribution is -1.99. The van der Waals surface area contributed by atoms with Gasteiger partial charge in [-0.1, -0.05) is 49.6 Å². The Morgan fingerprint density at radius 3 is 2.35 bits per heavy atom. The van der Waals surface area contributed by atoms with Crippen molar-refractivity contribution in [3.05, 3.63) is 57.6 Å². The Morgan fingerprint density at radius 1 is 0.950 bits per heavy atom. The number of alkyl halides is 1. The first-order valence-electron chi connectivity index (χ1n) is 6.19. The number of ether oxygens (including phenoxy) is 2. The van der Waals surface area contributed by atoms with Crippen molar-refractivity contribution < 1.29 is 9.47 Å². The van der Waals surface area contributed by atoms with Gasteiger partial charge in [0.15, 0.2) is 0 Å². The summed E-state index contributed by atoms with van der Waals surface area (Å²) >= 11 is 7.38. The molecule has 0 spiro atoms. The number of hydrogen-bond acceptors (Lipinski definition) is 2. The maximum absolute atomic E-state index is 5.46. The lowest BCUT2D eigenvalue weighted by molar-refractivity contribution is 0.399. The Balaban J connectivity index is 2.51. The standard InChI is InChI=1S/C16H16Br2O2/c1-10-4-6-14(17)12(8-10)16(18)13-9-11(19-2)5-7-15(13)20-3/h4-9,16H,1-3H3. The van der Waals surface area contributed by atoms with Gasteiger partial charge in [-0.05, 0) is 36.8 Å².